The average molecular weight is 225 g/mol. The van der Waals surface area contributed by atoms with Crippen molar-refractivity contribution in [3.63, 3.8) is 0 Å². The van der Waals surface area contributed by atoms with Crippen molar-refractivity contribution in [3.8, 4) is 0 Å². The molecular weight excluding hydrogens is 216 g/mol. The van der Waals surface area contributed by atoms with Crippen LogP contribution in [0.5, 0.6) is 0 Å². The molecule has 1 rings (SSSR count). The van der Waals surface area contributed by atoms with E-state index in [1.54, 1.807) is 0 Å². The Bertz CT molecular complexity index is 297. The fourth-order valence-corrected chi connectivity index (χ4v) is 1.29. The molecule has 2 heteroatoms. The lowest BCUT2D eigenvalue weighted by molar-refractivity contribution is -0.103. The van der Waals surface area contributed by atoms with E-state index in [1.165, 1.54) is 0 Å². The van der Waals surface area contributed by atoms with E-state index in [0.29, 0.717) is 5.57 Å². The van der Waals surface area contributed by atoms with E-state index < -0.39 is 0 Å². The van der Waals surface area contributed by atoms with Gasteiger partial charge < -0.3 is 0 Å². The van der Waals surface area contributed by atoms with Crippen molar-refractivity contribution in [1.29, 1.82) is 0 Å². The number of halogens is 1. The van der Waals surface area contributed by atoms with Crippen LogP contribution in [0.2, 0.25) is 0 Å². The maximum atomic E-state index is 10.7. The highest BCUT2D eigenvalue weighted by Gasteiger charge is 2.00. The molecule has 0 aromatic heterocycles. The van der Waals surface area contributed by atoms with Crippen LogP contribution in [0, 0.1) is 0 Å². The Hall–Kier alpha value is -0.890. The molecule has 12 heavy (non-hydrogen) atoms. The molecule has 1 aromatic carbocycles. The maximum absolute atomic E-state index is 10.7. The largest absolute Gasteiger partial charge is 0.298 e. The van der Waals surface area contributed by atoms with Gasteiger partial charge in [-0.2, -0.15) is 0 Å². The van der Waals surface area contributed by atoms with Crippen molar-refractivity contribution >= 4 is 27.8 Å². The summed E-state index contributed by atoms with van der Waals surface area (Å²) in [6, 6.07) is 9.57. The summed E-state index contributed by atoms with van der Waals surface area (Å²) in [5.41, 5.74) is 1.65. The molecule has 0 aliphatic carbocycles. The SMILES string of the molecule is C/C(Br)=C(/C=O)c1ccccc1. The molecule has 0 radical (unpaired) electrons. The zero-order valence-electron chi connectivity index (χ0n) is 6.75. The van der Waals surface area contributed by atoms with E-state index in [0.717, 1.165) is 16.3 Å². The van der Waals surface area contributed by atoms with E-state index in [2.05, 4.69) is 15.9 Å². The second kappa shape index (κ2) is 4.21. The second-order valence-corrected chi connectivity index (χ2v) is 3.62. The van der Waals surface area contributed by atoms with E-state index in [1.807, 2.05) is 37.3 Å². The molecule has 0 atom stereocenters. The normalized spacial score (nSPS) is 12.2. The quantitative estimate of drug-likeness (QED) is 0.558. The van der Waals surface area contributed by atoms with Crippen molar-refractivity contribution in [2.75, 3.05) is 0 Å². The fraction of sp³-hybridized carbons (Fsp3) is 0.100. The van der Waals surface area contributed by atoms with Crippen LogP contribution in [0.4, 0.5) is 0 Å². The fourth-order valence-electron chi connectivity index (χ4n) is 0.966. The molecule has 0 amide bonds. The Morgan fingerprint density at radius 1 is 1.33 bits per heavy atom. The van der Waals surface area contributed by atoms with Crippen LogP contribution in [0.1, 0.15) is 12.5 Å². The van der Waals surface area contributed by atoms with Gasteiger partial charge in [0.05, 0.1) is 0 Å². The Morgan fingerprint density at radius 3 is 2.33 bits per heavy atom. The van der Waals surface area contributed by atoms with Gasteiger partial charge in [0.15, 0.2) is 6.29 Å². The zero-order valence-corrected chi connectivity index (χ0v) is 8.34. The number of allylic oxidation sites excluding steroid dienone is 2. The highest BCUT2D eigenvalue weighted by Crippen LogP contribution is 2.19. The highest BCUT2D eigenvalue weighted by atomic mass is 79.9. The van der Waals surface area contributed by atoms with Crippen molar-refractivity contribution in [2.45, 2.75) is 6.92 Å². The first-order valence-corrected chi connectivity index (χ1v) is 4.42. The van der Waals surface area contributed by atoms with Gasteiger partial charge in [0.25, 0.3) is 0 Å². The first-order valence-electron chi connectivity index (χ1n) is 3.62. The summed E-state index contributed by atoms with van der Waals surface area (Å²) in [7, 11) is 0. The van der Waals surface area contributed by atoms with Crippen molar-refractivity contribution in [3.05, 3.63) is 40.4 Å². The van der Waals surface area contributed by atoms with Crippen LogP contribution >= 0.6 is 15.9 Å². The standard InChI is InChI=1S/C10H9BrO/c1-8(11)10(7-12)9-5-3-2-4-6-9/h2-7H,1H3/b10-8+. The number of hydrogen-bond acceptors (Lipinski definition) is 1. The van der Waals surface area contributed by atoms with E-state index in [4.69, 9.17) is 0 Å². The molecule has 62 valence electrons. The number of hydrogen-bond donors (Lipinski definition) is 0. The lowest BCUT2D eigenvalue weighted by atomic mass is 10.1. The Balaban J connectivity index is 3.14. The smallest absolute Gasteiger partial charge is 0.151 e. The van der Waals surface area contributed by atoms with Crippen LogP contribution in [0.25, 0.3) is 5.57 Å². The summed E-state index contributed by atoms with van der Waals surface area (Å²) in [5.74, 6) is 0. The molecule has 0 aliphatic rings. The third-order valence-corrected chi connectivity index (χ3v) is 2.00. The predicted octanol–water partition coefficient (Wildman–Crippen LogP) is 3.01. The average Bonchev–Trinajstić information content (AvgIpc) is 2.07. The van der Waals surface area contributed by atoms with Crippen LogP contribution in [-0.4, -0.2) is 6.29 Å². The lowest BCUT2D eigenvalue weighted by Crippen LogP contribution is -1.85. The molecular formula is C10H9BrO. The minimum Gasteiger partial charge on any atom is -0.298 e. The Morgan fingerprint density at radius 2 is 1.92 bits per heavy atom. The number of carbonyl (C=O) groups excluding carboxylic acids is 1. The molecule has 0 N–H and O–H groups in total. The first-order chi connectivity index (χ1) is 5.75. The van der Waals surface area contributed by atoms with Gasteiger partial charge in [-0.15, -0.1) is 0 Å². The van der Waals surface area contributed by atoms with E-state index in [-0.39, 0.29) is 0 Å². The zero-order chi connectivity index (χ0) is 8.97. The number of aldehydes is 1. The topological polar surface area (TPSA) is 17.1 Å². The van der Waals surface area contributed by atoms with Gasteiger partial charge in [-0.05, 0) is 12.5 Å². The van der Waals surface area contributed by atoms with Gasteiger partial charge in [0.2, 0.25) is 0 Å². The van der Waals surface area contributed by atoms with Crippen LogP contribution < -0.4 is 0 Å². The van der Waals surface area contributed by atoms with Gasteiger partial charge in [-0.25, -0.2) is 0 Å². The van der Waals surface area contributed by atoms with Gasteiger partial charge in [0.1, 0.15) is 0 Å². The summed E-state index contributed by atoms with van der Waals surface area (Å²) in [6.07, 6.45) is 0.861. The number of benzene rings is 1. The molecule has 1 nitrogen and oxygen atoms in total. The minimum absolute atomic E-state index is 0.704. The monoisotopic (exact) mass is 224 g/mol. The second-order valence-electron chi connectivity index (χ2n) is 2.43. The van der Waals surface area contributed by atoms with Gasteiger partial charge in [-0.3, -0.25) is 4.79 Å². The molecule has 0 spiro atoms. The summed E-state index contributed by atoms with van der Waals surface area (Å²) in [5, 5.41) is 0. The van der Waals surface area contributed by atoms with Crippen molar-refractivity contribution < 1.29 is 4.79 Å². The molecule has 0 fully saturated rings. The number of carbonyl (C=O) groups is 1. The van der Waals surface area contributed by atoms with E-state index in [9.17, 15) is 4.79 Å². The van der Waals surface area contributed by atoms with Gasteiger partial charge in [0, 0.05) is 10.1 Å². The van der Waals surface area contributed by atoms with Crippen LogP contribution in [-0.2, 0) is 4.79 Å². The van der Waals surface area contributed by atoms with Gasteiger partial charge >= 0.3 is 0 Å². The molecule has 0 aliphatic heterocycles. The van der Waals surface area contributed by atoms with E-state index >= 15 is 0 Å². The van der Waals surface area contributed by atoms with Gasteiger partial charge in [-0.1, -0.05) is 46.3 Å². The number of rotatable bonds is 2. The molecule has 0 bridgehead atoms. The summed E-state index contributed by atoms with van der Waals surface area (Å²) in [4.78, 5) is 10.7. The first kappa shape index (κ1) is 9.20. The minimum atomic E-state index is 0.704. The Labute approximate surface area is 80.2 Å². The van der Waals surface area contributed by atoms with Crippen molar-refractivity contribution in [2.24, 2.45) is 0 Å². The summed E-state index contributed by atoms with van der Waals surface area (Å²) in [6.45, 7) is 1.86. The predicted molar refractivity (Wildman–Crippen MR) is 54.0 cm³/mol. The highest BCUT2D eigenvalue weighted by molar-refractivity contribution is 9.11. The third-order valence-electron chi connectivity index (χ3n) is 1.57. The molecule has 0 saturated carbocycles. The molecule has 0 saturated heterocycles. The Kier molecular flexibility index (Phi) is 3.23. The summed E-state index contributed by atoms with van der Waals surface area (Å²) >= 11 is 3.29. The lowest BCUT2D eigenvalue weighted by Gasteiger charge is -1.99. The van der Waals surface area contributed by atoms with Crippen LogP contribution in [0.15, 0.2) is 34.8 Å². The maximum Gasteiger partial charge on any atom is 0.151 e. The summed E-state index contributed by atoms with van der Waals surface area (Å²) < 4.78 is 0.865. The molecule has 1 aromatic rings. The van der Waals surface area contributed by atoms with Crippen LogP contribution in [0.3, 0.4) is 0 Å². The molecule has 0 unspecified atom stereocenters. The third kappa shape index (κ3) is 2.05. The van der Waals surface area contributed by atoms with Crippen molar-refractivity contribution in [1.82, 2.24) is 0 Å². The molecule has 0 heterocycles.